The molecule has 0 amide bonds. The molecule has 11 heteroatoms. The van der Waals surface area contributed by atoms with Crippen molar-refractivity contribution >= 4 is 24.6 Å². The Labute approximate surface area is 178 Å². The number of nitrogens with two attached hydrogens (primary N) is 1. The van der Waals surface area contributed by atoms with E-state index >= 15 is 0 Å². The maximum atomic E-state index is 12.0. The van der Waals surface area contributed by atoms with Crippen LogP contribution in [0, 0.1) is 5.92 Å². The summed E-state index contributed by atoms with van der Waals surface area (Å²) in [4.78, 5) is 31.8. The van der Waals surface area contributed by atoms with Gasteiger partial charge in [-0.15, -0.1) is 0 Å². The van der Waals surface area contributed by atoms with Crippen LogP contribution in [-0.2, 0) is 11.1 Å². The van der Waals surface area contributed by atoms with E-state index in [-0.39, 0.29) is 48.4 Å². The molecule has 27 heavy (non-hydrogen) atoms. The summed E-state index contributed by atoms with van der Waals surface area (Å²) < 4.78 is 13.7. The molecule has 1 aromatic carbocycles. The van der Waals surface area contributed by atoms with Crippen LogP contribution in [0.5, 0.6) is 0 Å². The van der Waals surface area contributed by atoms with Gasteiger partial charge in [-0.2, -0.15) is 0 Å². The van der Waals surface area contributed by atoms with Crippen LogP contribution in [-0.4, -0.2) is 41.0 Å². The van der Waals surface area contributed by atoms with E-state index in [0.717, 1.165) is 0 Å². The van der Waals surface area contributed by atoms with Crippen molar-refractivity contribution in [1.29, 1.82) is 0 Å². The topological polar surface area (TPSA) is 147 Å². The molecule has 0 fully saturated rings. The van der Waals surface area contributed by atoms with Gasteiger partial charge in [-0.25, -0.2) is 15.0 Å². The standard InChI is InChI=1S/C16H20N5O4P.Na/c17-15-14-16(19-9-18-15)21(10-20-14)7-11(8-22)6-13(26(23,24)25)12-4-2-1-3-5-12;/h1-5,9-11,13,22H,6-8H2,(H2,17,18,19)(H2,23,24,25);/q;+1. The van der Waals surface area contributed by atoms with Gasteiger partial charge in [0.2, 0.25) is 0 Å². The number of rotatable bonds is 7. The van der Waals surface area contributed by atoms with Gasteiger partial charge in [-0.05, 0) is 12.0 Å². The molecule has 0 aliphatic rings. The van der Waals surface area contributed by atoms with Crippen LogP contribution in [0.15, 0.2) is 43.0 Å². The van der Waals surface area contributed by atoms with Crippen molar-refractivity contribution in [1.82, 2.24) is 19.5 Å². The molecular weight excluding hydrogens is 380 g/mol. The molecule has 3 aromatic rings. The summed E-state index contributed by atoms with van der Waals surface area (Å²) in [6.45, 7) is 0.0658. The van der Waals surface area contributed by atoms with Crippen molar-refractivity contribution in [2.75, 3.05) is 12.3 Å². The predicted molar refractivity (Wildman–Crippen MR) is 96.2 cm³/mol. The summed E-state index contributed by atoms with van der Waals surface area (Å²) in [6, 6.07) is 8.60. The van der Waals surface area contributed by atoms with Crippen molar-refractivity contribution in [3.05, 3.63) is 48.5 Å². The molecule has 0 saturated heterocycles. The van der Waals surface area contributed by atoms with E-state index in [1.54, 1.807) is 34.9 Å². The maximum absolute atomic E-state index is 12.0. The number of aliphatic hydroxyl groups is 1. The van der Waals surface area contributed by atoms with Gasteiger partial charge in [0, 0.05) is 19.1 Å². The Morgan fingerprint density at radius 2 is 1.85 bits per heavy atom. The summed E-state index contributed by atoms with van der Waals surface area (Å²) in [6.07, 6.45) is 2.98. The zero-order valence-electron chi connectivity index (χ0n) is 14.9. The molecule has 0 bridgehead atoms. The van der Waals surface area contributed by atoms with E-state index in [0.29, 0.717) is 23.3 Å². The molecule has 5 N–H and O–H groups in total. The number of nitrogen functional groups attached to an aromatic ring is 1. The van der Waals surface area contributed by atoms with Crippen LogP contribution in [0.2, 0.25) is 0 Å². The third kappa shape index (κ3) is 5.14. The van der Waals surface area contributed by atoms with Gasteiger partial charge in [0.25, 0.3) is 0 Å². The van der Waals surface area contributed by atoms with Gasteiger partial charge in [0.15, 0.2) is 11.5 Å². The minimum Gasteiger partial charge on any atom is -0.396 e. The van der Waals surface area contributed by atoms with Crippen molar-refractivity contribution < 1.29 is 49.0 Å². The summed E-state index contributed by atoms with van der Waals surface area (Å²) in [5, 5.41) is 9.77. The van der Waals surface area contributed by atoms with Gasteiger partial charge >= 0.3 is 37.2 Å². The van der Waals surface area contributed by atoms with Gasteiger partial charge < -0.3 is 25.2 Å². The smallest absolute Gasteiger partial charge is 0.396 e. The van der Waals surface area contributed by atoms with Crippen LogP contribution in [0.4, 0.5) is 5.82 Å². The first kappa shape index (κ1) is 22.0. The molecular formula is C16H20N5NaO4P+. The fraction of sp³-hybridized carbons (Fsp3) is 0.312. The summed E-state index contributed by atoms with van der Waals surface area (Å²) in [5.74, 6) is -0.145. The molecule has 0 aliphatic carbocycles. The Morgan fingerprint density at radius 3 is 2.48 bits per heavy atom. The average molecular weight is 400 g/mol. The van der Waals surface area contributed by atoms with Crippen molar-refractivity contribution in [3.8, 4) is 0 Å². The second kappa shape index (κ2) is 9.25. The third-order valence-corrected chi connectivity index (χ3v) is 5.61. The number of nitrogens with zero attached hydrogens (tertiary/aromatic N) is 4. The normalized spacial score (nSPS) is 13.9. The number of hydrogen-bond donors (Lipinski definition) is 4. The monoisotopic (exact) mass is 400 g/mol. The molecule has 9 nitrogen and oxygen atoms in total. The number of benzene rings is 1. The second-order valence-corrected chi connectivity index (χ2v) is 7.93. The molecule has 0 spiro atoms. The number of hydrogen-bond acceptors (Lipinski definition) is 6. The molecule has 2 unspecified atom stereocenters. The average Bonchev–Trinajstić information content (AvgIpc) is 3.02. The first-order chi connectivity index (χ1) is 12.4. The Bertz CT molecular complexity index is 933. The van der Waals surface area contributed by atoms with Crippen LogP contribution in [0.3, 0.4) is 0 Å². The molecule has 0 saturated carbocycles. The number of aromatic nitrogens is 4. The van der Waals surface area contributed by atoms with Crippen LogP contribution < -0.4 is 35.3 Å². The maximum Gasteiger partial charge on any atom is 1.00 e. The quantitative estimate of drug-likeness (QED) is 0.272. The first-order valence-electron chi connectivity index (χ1n) is 8.02. The van der Waals surface area contributed by atoms with E-state index in [2.05, 4.69) is 15.0 Å². The van der Waals surface area contributed by atoms with Crippen LogP contribution in [0.25, 0.3) is 11.2 Å². The minimum absolute atomic E-state index is 0. The molecule has 0 aliphatic heterocycles. The number of fused-ring (bicyclic) bond motifs is 1. The summed E-state index contributed by atoms with van der Waals surface area (Å²) in [5.41, 5.74) is 6.29. The van der Waals surface area contributed by atoms with E-state index in [1.807, 2.05) is 0 Å². The van der Waals surface area contributed by atoms with Crippen molar-refractivity contribution in [2.24, 2.45) is 5.92 Å². The zero-order valence-corrected chi connectivity index (χ0v) is 17.8. The molecule has 0 radical (unpaired) electrons. The Balaban J connectivity index is 0.00000261. The fourth-order valence-corrected chi connectivity index (χ4v) is 4.11. The molecule has 138 valence electrons. The van der Waals surface area contributed by atoms with Crippen molar-refractivity contribution in [2.45, 2.75) is 18.6 Å². The minimum atomic E-state index is -4.39. The van der Waals surface area contributed by atoms with E-state index in [1.165, 1.54) is 12.7 Å². The largest absolute Gasteiger partial charge is 1.00 e. The Kier molecular flexibility index (Phi) is 7.53. The van der Waals surface area contributed by atoms with Gasteiger partial charge in [-0.3, -0.25) is 4.57 Å². The summed E-state index contributed by atoms with van der Waals surface area (Å²) >= 11 is 0. The Morgan fingerprint density at radius 1 is 1.15 bits per heavy atom. The Hall–Kier alpha value is -1.32. The predicted octanol–water partition coefficient (Wildman–Crippen LogP) is -1.67. The zero-order chi connectivity index (χ0) is 18.7. The van der Waals surface area contributed by atoms with E-state index in [4.69, 9.17) is 5.73 Å². The SMILES string of the molecule is Nc1ncnc2c1ncn2CC(CO)CC(c1ccccc1)P(=O)(O)O.[Na+]. The van der Waals surface area contributed by atoms with E-state index in [9.17, 15) is 19.5 Å². The number of aliphatic hydroxyl groups excluding tert-OH is 1. The number of imidazole rings is 1. The van der Waals surface area contributed by atoms with Gasteiger partial charge in [0.1, 0.15) is 11.8 Å². The van der Waals surface area contributed by atoms with Crippen LogP contribution >= 0.6 is 7.60 Å². The fourth-order valence-electron chi connectivity index (χ4n) is 2.98. The summed E-state index contributed by atoms with van der Waals surface area (Å²) in [7, 11) is -4.39. The first-order valence-corrected chi connectivity index (χ1v) is 9.70. The molecule has 2 aromatic heterocycles. The van der Waals surface area contributed by atoms with Crippen LogP contribution in [0.1, 0.15) is 17.6 Å². The van der Waals surface area contributed by atoms with Crippen molar-refractivity contribution in [3.63, 3.8) is 0 Å². The molecule has 2 heterocycles. The van der Waals surface area contributed by atoms with Gasteiger partial charge in [0.05, 0.1) is 12.0 Å². The second-order valence-electron chi connectivity index (χ2n) is 6.13. The molecule has 2 atom stereocenters. The van der Waals surface area contributed by atoms with Gasteiger partial charge in [-0.1, -0.05) is 30.3 Å². The third-order valence-electron chi connectivity index (χ3n) is 4.29. The van der Waals surface area contributed by atoms with E-state index < -0.39 is 19.2 Å². The number of anilines is 1. The molecule has 3 rings (SSSR count).